The van der Waals surface area contributed by atoms with Crippen LogP contribution in [0.2, 0.25) is 0 Å². The topological polar surface area (TPSA) is 27.1 Å². The van der Waals surface area contributed by atoms with Crippen molar-refractivity contribution >= 4 is 5.71 Å². The van der Waals surface area contributed by atoms with Crippen molar-refractivity contribution in [1.29, 1.82) is 5.41 Å². The first-order chi connectivity index (χ1) is 6.88. The maximum absolute atomic E-state index is 7.42. The van der Waals surface area contributed by atoms with E-state index in [0.29, 0.717) is 12.3 Å². The van der Waals surface area contributed by atoms with Crippen molar-refractivity contribution in [3.05, 3.63) is 36.1 Å². The summed E-state index contributed by atoms with van der Waals surface area (Å²) in [6.07, 6.45) is 3.01. The molecule has 0 unspecified atom stereocenters. The summed E-state index contributed by atoms with van der Waals surface area (Å²) < 4.78 is 0. The molecule has 0 aromatic rings. The van der Waals surface area contributed by atoms with Gasteiger partial charge in [0.1, 0.15) is 0 Å². The molecule has 1 N–H and O–H groups in total. The minimum atomic E-state index is 0.628. The van der Waals surface area contributed by atoms with E-state index in [1.54, 1.807) is 6.92 Å². The second-order valence-corrected chi connectivity index (χ2v) is 3.92. The fourth-order valence-electron chi connectivity index (χ4n) is 1.24. The zero-order valence-corrected chi connectivity index (χ0v) is 10.4. The third-order valence-corrected chi connectivity index (χ3v) is 2.27. The Labute approximate surface area is 93.5 Å². The molecule has 0 radical (unpaired) electrons. The van der Waals surface area contributed by atoms with E-state index < -0.39 is 0 Å². The van der Waals surface area contributed by atoms with Gasteiger partial charge < -0.3 is 10.3 Å². The van der Waals surface area contributed by atoms with Crippen molar-refractivity contribution in [2.75, 3.05) is 13.6 Å². The molecular weight excluding hydrogens is 184 g/mol. The summed E-state index contributed by atoms with van der Waals surface area (Å²) in [6, 6.07) is 0. The molecule has 0 bridgehead atoms. The largest absolute Gasteiger partial charge is 0.369 e. The van der Waals surface area contributed by atoms with Crippen LogP contribution in [-0.2, 0) is 0 Å². The third-order valence-electron chi connectivity index (χ3n) is 2.27. The van der Waals surface area contributed by atoms with Crippen LogP contribution in [-0.4, -0.2) is 24.2 Å². The summed E-state index contributed by atoms with van der Waals surface area (Å²) in [7, 11) is 1.95. The molecule has 0 aromatic heterocycles. The van der Waals surface area contributed by atoms with Crippen molar-refractivity contribution in [3.8, 4) is 0 Å². The van der Waals surface area contributed by atoms with Gasteiger partial charge in [-0.05, 0) is 25.8 Å². The highest BCUT2D eigenvalue weighted by Crippen LogP contribution is 2.14. The van der Waals surface area contributed by atoms with Gasteiger partial charge in [0.15, 0.2) is 0 Å². The monoisotopic (exact) mass is 206 g/mol. The number of likely N-dealkylation sites (N-methyl/N-ethyl adjacent to an activating group) is 1. The van der Waals surface area contributed by atoms with Gasteiger partial charge in [0.25, 0.3) is 0 Å². The average Bonchev–Trinajstić information content (AvgIpc) is 2.15. The van der Waals surface area contributed by atoms with E-state index in [4.69, 9.17) is 5.41 Å². The number of nitrogens with one attached hydrogen (secondary N) is 1. The Morgan fingerprint density at radius 2 is 1.87 bits per heavy atom. The molecule has 0 saturated heterocycles. The van der Waals surface area contributed by atoms with Gasteiger partial charge in [-0.1, -0.05) is 31.7 Å². The van der Waals surface area contributed by atoms with Crippen molar-refractivity contribution in [1.82, 2.24) is 4.90 Å². The first kappa shape index (κ1) is 13.7. The van der Waals surface area contributed by atoms with Crippen molar-refractivity contribution < 1.29 is 0 Å². The van der Waals surface area contributed by atoms with E-state index in [-0.39, 0.29) is 0 Å². The summed E-state index contributed by atoms with van der Waals surface area (Å²) in [5.41, 5.74) is 3.82. The lowest BCUT2D eigenvalue weighted by Crippen LogP contribution is -2.23. The number of hydrogen-bond donors (Lipinski definition) is 1. The van der Waals surface area contributed by atoms with Crippen molar-refractivity contribution in [2.45, 2.75) is 27.2 Å². The van der Waals surface area contributed by atoms with E-state index in [2.05, 4.69) is 26.2 Å². The van der Waals surface area contributed by atoms with E-state index in [9.17, 15) is 0 Å². The van der Waals surface area contributed by atoms with Crippen LogP contribution >= 0.6 is 0 Å². The predicted octanol–water partition coefficient (Wildman–Crippen LogP) is 3.38. The Morgan fingerprint density at radius 3 is 2.27 bits per heavy atom. The summed E-state index contributed by atoms with van der Waals surface area (Å²) in [5.74, 6) is 0. The molecular formula is C13H22N2. The molecule has 0 aliphatic heterocycles. The normalized spacial score (nSPS) is 11.1. The van der Waals surface area contributed by atoms with E-state index >= 15 is 0 Å². The molecule has 2 nitrogen and oxygen atoms in total. The van der Waals surface area contributed by atoms with Crippen molar-refractivity contribution in [2.24, 2.45) is 0 Å². The fraction of sp³-hybridized carbons (Fsp3) is 0.462. The van der Waals surface area contributed by atoms with Gasteiger partial charge >= 0.3 is 0 Å². The first-order valence-corrected chi connectivity index (χ1v) is 5.19. The Hall–Kier alpha value is -1.31. The van der Waals surface area contributed by atoms with Gasteiger partial charge in [0.05, 0.1) is 6.54 Å². The zero-order chi connectivity index (χ0) is 12.0. The third kappa shape index (κ3) is 5.21. The van der Waals surface area contributed by atoms with E-state index in [1.165, 1.54) is 0 Å². The molecule has 15 heavy (non-hydrogen) atoms. The minimum absolute atomic E-state index is 0.628. The number of nitrogens with zero attached hydrogens (tertiary/aromatic N) is 1. The Morgan fingerprint density at radius 1 is 1.33 bits per heavy atom. The highest BCUT2D eigenvalue weighted by molar-refractivity contribution is 5.80. The minimum Gasteiger partial charge on any atom is -0.369 e. The Bertz CT molecular complexity index is 298. The quantitative estimate of drug-likeness (QED) is 0.523. The molecule has 0 aliphatic rings. The molecule has 2 heteroatoms. The summed E-state index contributed by atoms with van der Waals surface area (Å²) in [5, 5.41) is 7.42. The van der Waals surface area contributed by atoms with Crippen LogP contribution in [0.15, 0.2) is 36.1 Å². The standard InChI is InChI=1S/C13H22N2/c1-7-10(2)8-11(3)13(5)15(6)9-12(4)14/h8,14H,2,5,7,9H2,1,3-4,6H3/b11-8+,14-12?. The van der Waals surface area contributed by atoms with Crippen LogP contribution in [0.1, 0.15) is 27.2 Å². The van der Waals surface area contributed by atoms with Gasteiger partial charge in [0.2, 0.25) is 0 Å². The van der Waals surface area contributed by atoms with Crippen molar-refractivity contribution in [3.63, 3.8) is 0 Å². The molecule has 0 atom stereocenters. The second-order valence-electron chi connectivity index (χ2n) is 3.92. The molecule has 0 heterocycles. The van der Waals surface area contributed by atoms with Crippen LogP contribution in [0.3, 0.4) is 0 Å². The van der Waals surface area contributed by atoms with Crippen LogP contribution < -0.4 is 0 Å². The van der Waals surface area contributed by atoms with Crippen LogP contribution in [0.5, 0.6) is 0 Å². The maximum atomic E-state index is 7.42. The van der Waals surface area contributed by atoms with Crippen LogP contribution in [0, 0.1) is 5.41 Å². The highest BCUT2D eigenvalue weighted by atomic mass is 15.1. The lowest BCUT2D eigenvalue weighted by atomic mass is 10.1. The van der Waals surface area contributed by atoms with Gasteiger partial charge in [-0.15, -0.1) is 0 Å². The fourth-order valence-corrected chi connectivity index (χ4v) is 1.24. The van der Waals surface area contributed by atoms with Gasteiger partial charge in [-0.3, -0.25) is 0 Å². The molecule has 0 saturated carbocycles. The SMILES string of the molecule is C=C(/C=C(\C)C(=C)N(C)CC(C)=N)CC. The highest BCUT2D eigenvalue weighted by Gasteiger charge is 2.04. The van der Waals surface area contributed by atoms with Gasteiger partial charge in [0, 0.05) is 18.5 Å². The lowest BCUT2D eigenvalue weighted by Gasteiger charge is -2.21. The number of hydrogen-bond acceptors (Lipinski definition) is 2. The molecule has 0 rings (SSSR count). The maximum Gasteiger partial charge on any atom is 0.0549 e. The zero-order valence-electron chi connectivity index (χ0n) is 10.4. The van der Waals surface area contributed by atoms with E-state index in [1.807, 2.05) is 18.9 Å². The number of allylic oxidation sites excluding steroid dienone is 3. The Balaban J connectivity index is 4.50. The number of rotatable bonds is 6. The van der Waals surface area contributed by atoms with Gasteiger partial charge in [-0.2, -0.15) is 0 Å². The summed E-state index contributed by atoms with van der Waals surface area (Å²) in [4.78, 5) is 1.98. The lowest BCUT2D eigenvalue weighted by molar-refractivity contribution is 0.486. The van der Waals surface area contributed by atoms with E-state index in [0.717, 1.165) is 23.3 Å². The summed E-state index contributed by atoms with van der Waals surface area (Å²) in [6.45, 7) is 14.5. The van der Waals surface area contributed by atoms with Crippen LogP contribution in [0.25, 0.3) is 0 Å². The molecule has 0 fully saturated rings. The second kappa shape index (κ2) is 6.23. The average molecular weight is 206 g/mol. The summed E-state index contributed by atoms with van der Waals surface area (Å²) >= 11 is 0. The molecule has 84 valence electrons. The Kier molecular flexibility index (Phi) is 5.68. The molecule has 0 aliphatic carbocycles. The first-order valence-electron chi connectivity index (χ1n) is 5.19. The van der Waals surface area contributed by atoms with Crippen LogP contribution in [0.4, 0.5) is 0 Å². The molecule has 0 spiro atoms. The van der Waals surface area contributed by atoms with Gasteiger partial charge in [-0.25, -0.2) is 0 Å². The smallest absolute Gasteiger partial charge is 0.0549 e. The molecule has 0 amide bonds. The molecule has 0 aromatic carbocycles. The predicted molar refractivity (Wildman–Crippen MR) is 68.4 cm³/mol.